The Labute approximate surface area is 126 Å². The van der Waals surface area contributed by atoms with Crippen LogP contribution in [0.2, 0.25) is 0 Å². The standard InChI is InChI=1S/C17H29NOS/c1-6-18-14(2)8-7-13-20(19)16-11-9-15(10-12-16)17(3,4)5/h9-12,14,18H,6-8,13H2,1-5H3. The first-order valence-electron chi connectivity index (χ1n) is 7.57. The van der Waals surface area contributed by atoms with Gasteiger partial charge in [0.25, 0.3) is 0 Å². The summed E-state index contributed by atoms with van der Waals surface area (Å²) in [5, 5.41) is 3.38. The van der Waals surface area contributed by atoms with E-state index in [1.54, 1.807) is 0 Å². The molecule has 0 aliphatic heterocycles. The van der Waals surface area contributed by atoms with E-state index in [4.69, 9.17) is 0 Å². The van der Waals surface area contributed by atoms with Crippen LogP contribution in [0, 0.1) is 0 Å². The highest BCUT2D eigenvalue weighted by Gasteiger charge is 2.14. The van der Waals surface area contributed by atoms with Gasteiger partial charge in [-0.2, -0.15) is 0 Å². The minimum Gasteiger partial charge on any atom is -0.315 e. The van der Waals surface area contributed by atoms with Crippen LogP contribution < -0.4 is 5.32 Å². The molecule has 0 spiro atoms. The maximum Gasteiger partial charge on any atom is 0.0529 e. The summed E-state index contributed by atoms with van der Waals surface area (Å²) < 4.78 is 12.2. The Morgan fingerprint density at radius 3 is 2.30 bits per heavy atom. The summed E-state index contributed by atoms with van der Waals surface area (Å²) in [6.07, 6.45) is 2.08. The monoisotopic (exact) mass is 295 g/mol. The first kappa shape index (κ1) is 17.4. The highest BCUT2D eigenvalue weighted by molar-refractivity contribution is 7.85. The lowest BCUT2D eigenvalue weighted by molar-refractivity contribution is 0.525. The van der Waals surface area contributed by atoms with E-state index in [1.165, 1.54) is 5.56 Å². The van der Waals surface area contributed by atoms with Crippen molar-refractivity contribution in [1.82, 2.24) is 5.32 Å². The molecular weight excluding hydrogens is 266 g/mol. The lowest BCUT2D eigenvalue weighted by atomic mass is 9.87. The third-order valence-electron chi connectivity index (χ3n) is 3.50. The van der Waals surface area contributed by atoms with Crippen molar-refractivity contribution in [2.24, 2.45) is 0 Å². The van der Waals surface area contributed by atoms with Gasteiger partial charge in [0, 0.05) is 16.7 Å². The van der Waals surface area contributed by atoms with E-state index in [2.05, 4.69) is 52.1 Å². The van der Waals surface area contributed by atoms with E-state index in [0.717, 1.165) is 30.0 Å². The van der Waals surface area contributed by atoms with Crippen LogP contribution in [0.5, 0.6) is 0 Å². The van der Waals surface area contributed by atoms with Gasteiger partial charge in [0.1, 0.15) is 0 Å². The van der Waals surface area contributed by atoms with Crippen LogP contribution in [0.25, 0.3) is 0 Å². The van der Waals surface area contributed by atoms with Gasteiger partial charge in [-0.3, -0.25) is 4.21 Å². The van der Waals surface area contributed by atoms with E-state index in [9.17, 15) is 4.21 Å². The van der Waals surface area contributed by atoms with Crippen molar-refractivity contribution in [2.45, 2.75) is 63.8 Å². The highest BCUT2D eigenvalue weighted by atomic mass is 32.2. The van der Waals surface area contributed by atoms with Crippen LogP contribution >= 0.6 is 0 Å². The second-order valence-corrected chi connectivity index (χ2v) is 8.00. The predicted molar refractivity (Wildman–Crippen MR) is 88.8 cm³/mol. The van der Waals surface area contributed by atoms with E-state index in [-0.39, 0.29) is 5.41 Å². The zero-order valence-electron chi connectivity index (χ0n) is 13.5. The molecule has 114 valence electrons. The van der Waals surface area contributed by atoms with Gasteiger partial charge < -0.3 is 5.32 Å². The highest BCUT2D eigenvalue weighted by Crippen LogP contribution is 2.23. The number of rotatable bonds is 7. The summed E-state index contributed by atoms with van der Waals surface area (Å²) in [6, 6.07) is 8.76. The summed E-state index contributed by atoms with van der Waals surface area (Å²) in [4.78, 5) is 0.953. The Morgan fingerprint density at radius 2 is 1.80 bits per heavy atom. The maximum atomic E-state index is 12.2. The molecular formula is C17H29NOS. The van der Waals surface area contributed by atoms with Crippen molar-refractivity contribution in [3.05, 3.63) is 29.8 Å². The molecule has 0 aliphatic rings. The molecule has 0 saturated heterocycles. The van der Waals surface area contributed by atoms with Crippen LogP contribution in [0.4, 0.5) is 0 Å². The molecule has 20 heavy (non-hydrogen) atoms. The summed E-state index contributed by atoms with van der Waals surface area (Å²) >= 11 is 0. The van der Waals surface area contributed by atoms with Crippen molar-refractivity contribution in [3.63, 3.8) is 0 Å². The predicted octanol–water partition coefficient (Wildman–Crippen LogP) is 3.87. The molecule has 0 bridgehead atoms. The Kier molecular flexibility index (Phi) is 6.90. The number of hydrogen-bond donors (Lipinski definition) is 1. The number of benzene rings is 1. The third kappa shape index (κ3) is 5.76. The van der Waals surface area contributed by atoms with Gasteiger partial charge in [-0.05, 0) is 49.4 Å². The normalized spacial score (nSPS) is 15.1. The molecule has 0 saturated carbocycles. The Hall–Kier alpha value is -0.670. The molecule has 0 aliphatic carbocycles. The molecule has 1 rings (SSSR count). The quantitative estimate of drug-likeness (QED) is 0.827. The van der Waals surface area contributed by atoms with Gasteiger partial charge in [-0.1, -0.05) is 39.8 Å². The molecule has 0 aromatic heterocycles. The first-order valence-corrected chi connectivity index (χ1v) is 8.88. The molecule has 1 aromatic carbocycles. The van der Waals surface area contributed by atoms with Gasteiger partial charge >= 0.3 is 0 Å². The summed E-state index contributed by atoms with van der Waals surface area (Å²) in [5.74, 6) is 0.755. The zero-order valence-corrected chi connectivity index (χ0v) is 14.3. The van der Waals surface area contributed by atoms with E-state index >= 15 is 0 Å². The summed E-state index contributed by atoms with van der Waals surface area (Å²) in [6.45, 7) is 11.9. The first-order chi connectivity index (χ1) is 9.34. The number of nitrogens with one attached hydrogen (secondary N) is 1. The molecule has 2 nitrogen and oxygen atoms in total. The molecule has 1 aromatic rings. The van der Waals surface area contributed by atoms with Crippen LogP contribution in [-0.2, 0) is 16.2 Å². The van der Waals surface area contributed by atoms with E-state index in [0.29, 0.717) is 6.04 Å². The maximum absolute atomic E-state index is 12.2. The van der Waals surface area contributed by atoms with Gasteiger partial charge in [0.2, 0.25) is 0 Å². The van der Waals surface area contributed by atoms with Crippen molar-refractivity contribution in [3.8, 4) is 0 Å². The lowest BCUT2D eigenvalue weighted by Crippen LogP contribution is -2.25. The van der Waals surface area contributed by atoms with Crippen LogP contribution in [0.1, 0.15) is 53.0 Å². The Balaban J connectivity index is 2.48. The van der Waals surface area contributed by atoms with E-state index in [1.807, 2.05) is 12.1 Å². The molecule has 1 N–H and O–H groups in total. The van der Waals surface area contributed by atoms with Gasteiger partial charge in [0.15, 0.2) is 0 Å². The molecule has 2 atom stereocenters. The molecule has 0 radical (unpaired) electrons. The minimum atomic E-state index is -0.867. The van der Waals surface area contributed by atoms with Crippen LogP contribution in [0.15, 0.2) is 29.2 Å². The fraction of sp³-hybridized carbons (Fsp3) is 0.647. The largest absolute Gasteiger partial charge is 0.315 e. The molecule has 0 amide bonds. The Morgan fingerprint density at radius 1 is 1.20 bits per heavy atom. The minimum absolute atomic E-state index is 0.154. The lowest BCUT2D eigenvalue weighted by Gasteiger charge is -2.19. The van der Waals surface area contributed by atoms with Crippen LogP contribution in [0.3, 0.4) is 0 Å². The van der Waals surface area contributed by atoms with E-state index < -0.39 is 10.8 Å². The third-order valence-corrected chi connectivity index (χ3v) is 4.96. The average Bonchev–Trinajstić information content (AvgIpc) is 2.38. The van der Waals surface area contributed by atoms with Crippen molar-refractivity contribution in [1.29, 1.82) is 0 Å². The SMILES string of the molecule is CCNC(C)CCCS(=O)c1ccc(C(C)(C)C)cc1. The molecule has 0 fully saturated rings. The van der Waals surface area contributed by atoms with Crippen molar-refractivity contribution >= 4 is 10.8 Å². The second-order valence-electron chi connectivity index (χ2n) is 6.42. The smallest absolute Gasteiger partial charge is 0.0529 e. The molecule has 2 unspecified atom stereocenters. The number of hydrogen-bond acceptors (Lipinski definition) is 2. The topological polar surface area (TPSA) is 29.1 Å². The zero-order chi connectivity index (χ0) is 15.2. The van der Waals surface area contributed by atoms with Crippen LogP contribution in [-0.4, -0.2) is 22.5 Å². The van der Waals surface area contributed by atoms with Gasteiger partial charge in [-0.15, -0.1) is 0 Å². The summed E-state index contributed by atoms with van der Waals surface area (Å²) in [7, 11) is -0.867. The fourth-order valence-electron chi connectivity index (χ4n) is 2.20. The summed E-state index contributed by atoms with van der Waals surface area (Å²) in [5.41, 5.74) is 1.44. The molecule has 3 heteroatoms. The van der Waals surface area contributed by atoms with Crippen molar-refractivity contribution < 1.29 is 4.21 Å². The Bertz CT molecular complexity index is 420. The fourth-order valence-corrected chi connectivity index (χ4v) is 3.30. The van der Waals surface area contributed by atoms with Gasteiger partial charge in [-0.25, -0.2) is 0 Å². The van der Waals surface area contributed by atoms with Crippen molar-refractivity contribution in [2.75, 3.05) is 12.3 Å². The van der Waals surface area contributed by atoms with Gasteiger partial charge in [0.05, 0.1) is 10.8 Å². The average molecular weight is 295 g/mol. The molecule has 0 heterocycles. The second kappa shape index (κ2) is 7.94.